The van der Waals surface area contributed by atoms with E-state index in [1.54, 1.807) is 0 Å². The standard InChI is InChI=1S/C60H99O11P/c1-4-7-10-13-16-19-22-25-27-28-30-32-34-37-40-43-46-49-58(62)67-53-57(71-60(64)51-48-45-42-39-36-33-29-26-23-20-17-14-11-8-5-2)55-69-72(65,66)68-54-56(52-61)70-59(63)50-47-44-41-38-35-31-24-21-18-15-12-9-6-3/h7-8,10-11,16-17,19-20,25-27,29-30,32,36-37,39-40,56-57,61H,4-6,9,12-15,18,21-24,28,31,33-35,38,41-55H2,1-3H3,(H,65,66)/b10-7-,11-8-,19-16-,20-17-,27-25-,29-26-,32-30-,39-36-,40-37-. The van der Waals surface area contributed by atoms with Gasteiger partial charge in [-0.05, 0) is 96.3 Å². The van der Waals surface area contributed by atoms with E-state index in [9.17, 15) is 28.9 Å². The fourth-order valence-electron chi connectivity index (χ4n) is 7.03. The minimum atomic E-state index is -4.77. The molecule has 12 heteroatoms. The second-order valence-electron chi connectivity index (χ2n) is 18.0. The number of unbranched alkanes of at least 4 members (excludes halogenated alkanes) is 15. The van der Waals surface area contributed by atoms with Gasteiger partial charge in [0, 0.05) is 19.3 Å². The molecule has 0 amide bonds. The largest absolute Gasteiger partial charge is 0.472 e. The number of phosphoric acid groups is 1. The molecule has 0 aromatic rings. The van der Waals surface area contributed by atoms with Gasteiger partial charge in [-0.1, -0.05) is 207 Å². The van der Waals surface area contributed by atoms with Crippen molar-refractivity contribution in [3.8, 4) is 0 Å². The number of allylic oxidation sites excluding steroid dienone is 18. The molecule has 0 rings (SSSR count). The number of esters is 3. The zero-order valence-electron chi connectivity index (χ0n) is 45.1. The molecule has 3 atom stereocenters. The predicted octanol–water partition coefficient (Wildman–Crippen LogP) is 16.2. The normalized spacial score (nSPS) is 14.2. The molecule has 0 saturated carbocycles. The number of rotatable bonds is 50. The number of aliphatic hydroxyl groups excluding tert-OH is 1. The van der Waals surface area contributed by atoms with Gasteiger partial charge in [-0.25, -0.2) is 4.57 Å². The smallest absolute Gasteiger partial charge is 0.462 e. The summed E-state index contributed by atoms with van der Waals surface area (Å²) in [5, 5.41) is 9.80. The lowest BCUT2D eigenvalue weighted by atomic mass is 10.0. The Morgan fingerprint density at radius 2 is 0.736 bits per heavy atom. The molecule has 72 heavy (non-hydrogen) atoms. The molecule has 0 bridgehead atoms. The van der Waals surface area contributed by atoms with Crippen LogP contribution in [0, 0.1) is 0 Å². The number of hydrogen-bond donors (Lipinski definition) is 2. The SMILES string of the molecule is CC/C=C\C/C=C\C/C=C\C/C=C\C/C=C\CCCC(=O)OCC(COP(=O)(O)OCC(CO)OC(=O)CCCCCCCCCCCCCCC)OC(=O)CCCC/C=C\C/C=C\C/C=C\C/C=C\CC. The third-order valence-electron chi connectivity index (χ3n) is 11.2. The average Bonchev–Trinajstić information content (AvgIpc) is 3.37. The molecule has 2 N–H and O–H groups in total. The molecule has 0 fully saturated rings. The van der Waals surface area contributed by atoms with Gasteiger partial charge in [-0.2, -0.15) is 0 Å². The monoisotopic (exact) mass is 1030 g/mol. The highest BCUT2D eigenvalue weighted by Crippen LogP contribution is 2.43. The van der Waals surface area contributed by atoms with E-state index in [2.05, 4.69) is 124 Å². The van der Waals surface area contributed by atoms with Crippen LogP contribution in [0.1, 0.15) is 213 Å². The van der Waals surface area contributed by atoms with E-state index in [1.165, 1.54) is 57.8 Å². The van der Waals surface area contributed by atoms with Gasteiger partial charge >= 0.3 is 25.7 Å². The highest BCUT2D eigenvalue weighted by Gasteiger charge is 2.28. The van der Waals surface area contributed by atoms with Crippen LogP contribution in [-0.4, -0.2) is 66.5 Å². The van der Waals surface area contributed by atoms with Gasteiger partial charge < -0.3 is 24.2 Å². The van der Waals surface area contributed by atoms with Crippen LogP contribution in [0.25, 0.3) is 0 Å². The molecular formula is C60H99O11P. The third kappa shape index (κ3) is 51.1. The van der Waals surface area contributed by atoms with Crippen molar-refractivity contribution < 1.29 is 52.2 Å². The molecule has 0 heterocycles. The Morgan fingerprint density at radius 3 is 1.15 bits per heavy atom. The lowest BCUT2D eigenvalue weighted by molar-refractivity contribution is -0.161. The first-order valence-corrected chi connectivity index (χ1v) is 29.3. The number of hydrogen-bond acceptors (Lipinski definition) is 10. The fourth-order valence-corrected chi connectivity index (χ4v) is 7.81. The molecule has 3 unspecified atom stereocenters. The van der Waals surface area contributed by atoms with Gasteiger partial charge in [0.25, 0.3) is 0 Å². The van der Waals surface area contributed by atoms with Crippen LogP contribution < -0.4 is 0 Å². The maximum Gasteiger partial charge on any atom is 0.472 e. The van der Waals surface area contributed by atoms with Crippen molar-refractivity contribution in [1.29, 1.82) is 0 Å². The first kappa shape index (κ1) is 68.1. The highest BCUT2D eigenvalue weighted by atomic mass is 31.2. The van der Waals surface area contributed by atoms with Crippen LogP contribution in [-0.2, 0) is 42.2 Å². The lowest BCUT2D eigenvalue weighted by Crippen LogP contribution is -2.30. The van der Waals surface area contributed by atoms with Gasteiger partial charge in [0.1, 0.15) is 12.7 Å². The van der Waals surface area contributed by atoms with Crippen molar-refractivity contribution in [2.75, 3.05) is 26.4 Å². The lowest BCUT2D eigenvalue weighted by Gasteiger charge is -2.21. The molecular weight excluding hydrogens is 928 g/mol. The Hall–Kier alpha value is -3.86. The van der Waals surface area contributed by atoms with E-state index < -0.39 is 57.8 Å². The third-order valence-corrected chi connectivity index (χ3v) is 12.1. The van der Waals surface area contributed by atoms with Crippen molar-refractivity contribution >= 4 is 25.7 Å². The molecule has 11 nitrogen and oxygen atoms in total. The maximum atomic E-state index is 12.9. The zero-order valence-corrected chi connectivity index (χ0v) is 46.0. The second kappa shape index (κ2) is 53.4. The fraction of sp³-hybridized carbons (Fsp3) is 0.650. The number of phosphoric ester groups is 1. The summed E-state index contributed by atoms with van der Waals surface area (Å²) in [6, 6.07) is 0. The molecule has 0 spiro atoms. The van der Waals surface area contributed by atoms with Crippen molar-refractivity contribution in [2.45, 2.75) is 226 Å². The van der Waals surface area contributed by atoms with Crippen molar-refractivity contribution in [2.24, 2.45) is 0 Å². The Morgan fingerprint density at radius 1 is 0.403 bits per heavy atom. The highest BCUT2D eigenvalue weighted by molar-refractivity contribution is 7.47. The minimum Gasteiger partial charge on any atom is -0.462 e. The van der Waals surface area contributed by atoms with E-state index >= 15 is 0 Å². The van der Waals surface area contributed by atoms with Gasteiger partial charge in [-0.3, -0.25) is 23.4 Å². The maximum absolute atomic E-state index is 12.9. The van der Waals surface area contributed by atoms with Crippen molar-refractivity contribution in [3.63, 3.8) is 0 Å². The summed E-state index contributed by atoms with van der Waals surface area (Å²) < 4.78 is 39.4. The summed E-state index contributed by atoms with van der Waals surface area (Å²) >= 11 is 0. The van der Waals surface area contributed by atoms with Crippen LogP contribution in [0.3, 0.4) is 0 Å². The summed E-state index contributed by atoms with van der Waals surface area (Å²) in [6.07, 6.45) is 63.5. The van der Waals surface area contributed by atoms with E-state index in [1.807, 2.05) is 6.08 Å². The van der Waals surface area contributed by atoms with Crippen molar-refractivity contribution in [3.05, 3.63) is 109 Å². The quantitative estimate of drug-likeness (QED) is 0.0197. The van der Waals surface area contributed by atoms with Crippen LogP contribution in [0.5, 0.6) is 0 Å². The summed E-state index contributed by atoms with van der Waals surface area (Å²) in [5.74, 6) is -1.59. The Kier molecular flexibility index (Phi) is 50.6. The number of carbonyl (C=O) groups excluding carboxylic acids is 3. The molecule has 0 aliphatic carbocycles. The second-order valence-corrected chi connectivity index (χ2v) is 19.4. The summed E-state index contributed by atoms with van der Waals surface area (Å²) in [7, 11) is -4.77. The summed E-state index contributed by atoms with van der Waals surface area (Å²) in [5.41, 5.74) is 0. The van der Waals surface area contributed by atoms with Crippen LogP contribution in [0.2, 0.25) is 0 Å². The Balaban J connectivity index is 4.88. The number of carbonyl (C=O) groups is 3. The Labute approximate surface area is 437 Å². The van der Waals surface area contributed by atoms with Gasteiger partial charge in [0.05, 0.1) is 19.8 Å². The molecule has 0 aliphatic heterocycles. The molecule has 0 aromatic carbocycles. The van der Waals surface area contributed by atoms with Crippen LogP contribution >= 0.6 is 7.82 Å². The van der Waals surface area contributed by atoms with Gasteiger partial charge in [0.2, 0.25) is 0 Å². The van der Waals surface area contributed by atoms with E-state index in [0.717, 1.165) is 89.9 Å². The van der Waals surface area contributed by atoms with Gasteiger partial charge in [-0.15, -0.1) is 0 Å². The molecule has 0 aromatic heterocycles. The minimum absolute atomic E-state index is 0.0986. The van der Waals surface area contributed by atoms with Crippen LogP contribution in [0.15, 0.2) is 109 Å². The topological polar surface area (TPSA) is 155 Å². The number of ether oxygens (including phenoxy) is 3. The van der Waals surface area contributed by atoms with E-state index in [0.29, 0.717) is 25.7 Å². The summed E-state index contributed by atoms with van der Waals surface area (Å²) in [6.45, 7) is 4.29. The Bertz CT molecular complexity index is 1620. The molecule has 0 saturated heterocycles. The first-order valence-electron chi connectivity index (χ1n) is 27.8. The molecule has 0 radical (unpaired) electrons. The first-order chi connectivity index (χ1) is 35.2. The number of aliphatic hydroxyl groups is 1. The summed E-state index contributed by atoms with van der Waals surface area (Å²) in [4.78, 5) is 48.4. The molecule has 0 aliphatic rings. The van der Waals surface area contributed by atoms with Crippen LogP contribution in [0.4, 0.5) is 0 Å². The van der Waals surface area contributed by atoms with E-state index in [-0.39, 0.29) is 25.9 Å². The zero-order chi connectivity index (χ0) is 52.7. The average molecular weight is 1030 g/mol. The van der Waals surface area contributed by atoms with Gasteiger partial charge in [0.15, 0.2) is 6.10 Å². The van der Waals surface area contributed by atoms with E-state index in [4.69, 9.17) is 23.3 Å². The predicted molar refractivity (Wildman–Crippen MR) is 297 cm³/mol. The van der Waals surface area contributed by atoms with Crippen molar-refractivity contribution in [1.82, 2.24) is 0 Å². The molecule has 410 valence electrons.